The number of hydrogen-bond donors (Lipinski definition) is 1. The van der Waals surface area contributed by atoms with E-state index in [1.165, 1.54) is 18.9 Å². The summed E-state index contributed by atoms with van der Waals surface area (Å²) in [5.74, 6) is 0.485. The molecule has 24 heavy (non-hydrogen) atoms. The summed E-state index contributed by atoms with van der Waals surface area (Å²) in [6.45, 7) is 4.69. The summed E-state index contributed by atoms with van der Waals surface area (Å²) in [7, 11) is 2.16. The fourth-order valence-electron chi connectivity index (χ4n) is 4.38. The molecule has 4 nitrogen and oxygen atoms in total. The zero-order valence-corrected chi connectivity index (χ0v) is 14.3. The van der Waals surface area contributed by atoms with Crippen molar-refractivity contribution in [3.8, 4) is 0 Å². The molecule has 1 aromatic carbocycles. The predicted molar refractivity (Wildman–Crippen MR) is 92.4 cm³/mol. The molecule has 3 aliphatic heterocycles. The second-order valence-electron chi connectivity index (χ2n) is 7.40. The first-order chi connectivity index (χ1) is 11.5. The van der Waals surface area contributed by atoms with Gasteiger partial charge in [-0.2, -0.15) is 0 Å². The minimum Gasteiger partial charge on any atom is -0.356 e. The molecule has 0 unspecified atom stereocenters. The zero-order chi connectivity index (χ0) is 16.8. The van der Waals surface area contributed by atoms with Crippen molar-refractivity contribution in [2.45, 2.75) is 32.2 Å². The summed E-state index contributed by atoms with van der Waals surface area (Å²) >= 11 is 0. The number of halogens is 1. The Labute approximate surface area is 141 Å². The second-order valence-corrected chi connectivity index (χ2v) is 7.40. The van der Waals surface area contributed by atoms with E-state index in [-0.39, 0.29) is 11.7 Å². The highest BCUT2D eigenvalue weighted by molar-refractivity contribution is 5.90. The molecule has 1 aromatic heterocycles. The molecule has 0 saturated carbocycles. The molecule has 3 aliphatic rings. The molecule has 0 spiro atoms. The number of carbonyl (C=O) groups is 1. The van der Waals surface area contributed by atoms with Crippen LogP contribution < -0.4 is 0 Å². The third-order valence-electron chi connectivity index (χ3n) is 5.77. The van der Waals surface area contributed by atoms with E-state index in [2.05, 4.69) is 16.9 Å². The number of H-pyrrole nitrogens is 1. The Morgan fingerprint density at radius 2 is 2.12 bits per heavy atom. The van der Waals surface area contributed by atoms with Crippen LogP contribution in [0.5, 0.6) is 0 Å². The van der Waals surface area contributed by atoms with E-state index >= 15 is 0 Å². The number of aryl methyl sites for hydroxylation is 1. The molecule has 128 valence electrons. The zero-order valence-electron chi connectivity index (χ0n) is 14.3. The summed E-state index contributed by atoms with van der Waals surface area (Å²) in [5.41, 5.74) is 2.33. The van der Waals surface area contributed by atoms with Crippen LogP contribution in [0.4, 0.5) is 4.39 Å². The number of hydrogen-bond acceptors (Lipinski definition) is 2. The Balaban J connectivity index is 1.59. The first-order valence-electron chi connectivity index (χ1n) is 8.76. The number of benzene rings is 1. The molecule has 0 aliphatic carbocycles. The Morgan fingerprint density at radius 1 is 1.29 bits per heavy atom. The highest BCUT2D eigenvalue weighted by Crippen LogP contribution is 2.29. The molecule has 0 radical (unpaired) electrons. The lowest BCUT2D eigenvalue weighted by Crippen LogP contribution is -2.42. The molecule has 3 saturated heterocycles. The molecule has 5 rings (SSSR count). The average molecular weight is 329 g/mol. The van der Waals surface area contributed by atoms with Crippen molar-refractivity contribution in [1.29, 1.82) is 0 Å². The van der Waals surface area contributed by atoms with E-state index in [4.69, 9.17) is 0 Å². The lowest BCUT2D eigenvalue weighted by atomic mass is 9.96. The smallest absolute Gasteiger partial charge is 0.227 e. The summed E-state index contributed by atoms with van der Waals surface area (Å²) in [6, 6.07) is 5.53. The monoisotopic (exact) mass is 329 g/mol. The second kappa shape index (κ2) is 5.88. The van der Waals surface area contributed by atoms with Crippen LogP contribution in [0.1, 0.15) is 24.1 Å². The van der Waals surface area contributed by atoms with Gasteiger partial charge in [-0.05, 0) is 44.4 Å². The number of fused-ring (bicyclic) bond motifs is 5. The first kappa shape index (κ1) is 15.6. The van der Waals surface area contributed by atoms with Crippen molar-refractivity contribution in [2.75, 3.05) is 26.7 Å². The number of nitrogens with one attached hydrogen (secondary N) is 1. The van der Waals surface area contributed by atoms with Crippen LogP contribution in [0.25, 0.3) is 10.9 Å². The van der Waals surface area contributed by atoms with E-state index in [1.807, 2.05) is 17.9 Å². The van der Waals surface area contributed by atoms with Crippen molar-refractivity contribution in [3.05, 3.63) is 35.3 Å². The van der Waals surface area contributed by atoms with Crippen molar-refractivity contribution >= 4 is 16.8 Å². The molecule has 2 atom stereocenters. The Morgan fingerprint density at radius 3 is 2.92 bits per heavy atom. The minimum absolute atomic E-state index is 0.162. The van der Waals surface area contributed by atoms with Gasteiger partial charge in [-0.3, -0.25) is 4.79 Å². The van der Waals surface area contributed by atoms with Gasteiger partial charge >= 0.3 is 0 Å². The van der Waals surface area contributed by atoms with Gasteiger partial charge in [0.25, 0.3) is 0 Å². The van der Waals surface area contributed by atoms with E-state index in [9.17, 15) is 9.18 Å². The van der Waals surface area contributed by atoms with Gasteiger partial charge in [0, 0.05) is 36.8 Å². The van der Waals surface area contributed by atoms with E-state index in [1.54, 1.807) is 6.07 Å². The Bertz CT molecular complexity index is 784. The number of para-hydroxylation sites is 1. The molecular weight excluding hydrogens is 305 g/mol. The van der Waals surface area contributed by atoms with Crippen molar-refractivity contribution in [1.82, 2.24) is 14.8 Å². The number of aromatic nitrogens is 1. The van der Waals surface area contributed by atoms with Crippen LogP contribution in [0.15, 0.2) is 18.2 Å². The van der Waals surface area contributed by atoms with Gasteiger partial charge in [-0.25, -0.2) is 4.39 Å². The van der Waals surface area contributed by atoms with Gasteiger partial charge in [0.15, 0.2) is 0 Å². The van der Waals surface area contributed by atoms with Crippen molar-refractivity contribution < 1.29 is 9.18 Å². The van der Waals surface area contributed by atoms with Crippen LogP contribution in [-0.4, -0.2) is 53.4 Å². The number of carbonyl (C=O) groups excluding carboxylic acids is 1. The summed E-state index contributed by atoms with van der Waals surface area (Å²) in [4.78, 5) is 20.5. The fourth-order valence-corrected chi connectivity index (χ4v) is 4.38. The quantitative estimate of drug-likeness (QED) is 0.920. The molecule has 2 aromatic rings. The molecule has 1 N–H and O–H groups in total. The average Bonchev–Trinajstić information content (AvgIpc) is 2.71. The highest BCUT2D eigenvalue weighted by Gasteiger charge is 2.34. The Hall–Kier alpha value is -1.88. The lowest BCUT2D eigenvalue weighted by molar-refractivity contribution is -0.130. The fraction of sp³-hybridized carbons (Fsp3) is 0.526. The third kappa shape index (κ3) is 2.61. The SMILES string of the molecule is Cc1[nH]c2c(F)cccc2c1CC(=O)N1C[C@@H]2CC[C@H](C1)N(C)C2. The third-order valence-corrected chi connectivity index (χ3v) is 5.77. The topological polar surface area (TPSA) is 39.3 Å². The van der Waals surface area contributed by atoms with Crippen LogP contribution >= 0.6 is 0 Å². The van der Waals surface area contributed by atoms with Gasteiger partial charge in [-0.1, -0.05) is 12.1 Å². The summed E-state index contributed by atoms with van der Waals surface area (Å²) in [6.07, 6.45) is 2.75. The molecule has 1 amide bonds. The first-order valence-corrected chi connectivity index (χ1v) is 8.76. The number of aromatic amines is 1. The van der Waals surface area contributed by atoms with Gasteiger partial charge in [0.2, 0.25) is 5.91 Å². The number of likely N-dealkylation sites (N-methyl/N-ethyl adjacent to an activating group) is 1. The van der Waals surface area contributed by atoms with Gasteiger partial charge in [-0.15, -0.1) is 0 Å². The van der Waals surface area contributed by atoms with E-state index < -0.39 is 0 Å². The summed E-state index contributed by atoms with van der Waals surface area (Å²) < 4.78 is 13.9. The van der Waals surface area contributed by atoms with Crippen molar-refractivity contribution in [2.24, 2.45) is 5.92 Å². The summed E-state index contributed by atoms with van der Waals surface area (Å²) in [5, 5.41) is 0.829. The predicted octanol–water partition coefficient (Wildman–Crippen LogP) is 2.71. The van der Waals surface area contributed by atoms with Crippen LogP contribution in [0.3, 0.4) is 0 Å². The lowest BCUT2D eigenvalue weighted by Gasteiger charge is -2.32. The van der Waals surface area contributed by atoms with Crippen molar-refractivity contribution in [3.63, 3.8) is 0 Å². The molecule has 5 heteroatoms. The maximum absolute atomic E-state index is 13.9. The number of amides is 1. The number of rotatable bonds is 2. The van der Waals surface area contributed by atoms with E-state index in [0.717, 1.165) is 36.3 Å². The number of nitrogens with zero attached hydrogens (tertiary/aromatic N) is 2. The molecule has 2 bridgehead atoms. The largest absolute Gasteiger partial charge is 0.356 e. The van der Waals surface area contributed by atoms with Gasteiger partial charge in [0.1, 0.15) is 5.82 Å². The van der Waals surface area contributed by atoms with Gasteiger partial charge in [0.05, 0.1) is 11.9 Å². The standard InChI is InChI=1S/C19H24FN3O/c1-12-16(15-4-3-5-17(20)19(15)21-12)8-18(24)23-10-13-6-7-14(11-23)22(2)9-13/h3-5,13-14,21H,6-11H2,1-2H3/t13-,14-/m1/s1. The molecular formula is C19H24FN3O. The Kier molecular flexibility index (Phi) is 3.83. The minimum atomic E-state index is -0.260. The molecule has 3 fully saturated rings. The maximum Gasteiger partial charge on any atom is 0.227 e. The van der Waals surface area contributed by atoms with Gasteiger partial charge < -0.3 is 14.8 Å². The highest BCUT2D eigenvalue weighted by atomic mass is 19.1. The van der Waals surface area contributed by atoms with E-state index in [0.29, 0.717) is 23.9 Å². The van der Waals surface area contributed by atoms with Crippen LogP contribution in [-0.2, 0) is 11.2 Å². The van der Waals surface area contributed by atoms with Crippen LogP contribution in [0.2, 0.25) is 0 Å². The van der Waals surface area contributed by atoms with Crippen LogP contribution in [0, 0.1) is 18.7 Å². The molecule has 4 heterocycles. The number of piperidine rings is 1. The maximum atomic E-state index is 13.9. The normalized spacial score (nSPS) is 24.5.